The predicted octanol–water partition coefficient (Wildman–Crippen LogP) is 0.599. The van der Waals surface area contributed by atoms with E-state index >= 15 is 0 Å². The van der Waals surface area contributed by atoms with Crippen molar-refractivity contribution >= 4 is 17.9 Å². The minimum Gasteiger partial charge on any atom is -0.443 e. The van der Waals surface area contributed by atoms with Crippen molar-refractivity contribution in [3.63, 3.8) is 0 Å². The molecule has 10 heavy (non-hydrogen) atoms. The lowest BCUT2D eigenvalue weighted by molar-refractivity contribution is 0.137. The molecule has 3 nitrogen and oxygen atoms in total. The van der Waals surface area contributed by atoms with E-state index < -0.39 is 0 Å². The van der Waals surface area contributed by atoms with E-state index in [1.54, 1.807) is 0 Å². The van der Waals surface area contributed by atoms with Crippen LogP contribution in [-0.4, -0.2) is 29.2 Å². The Hall–Kier alpha value is -0.380. The Balaban J connectivity index is 2.12. The molecule has 2 rings (SSSR count). The Morgan fingerprint density at radius 2 is 2.60 bits per heavy atom. The summed E-state index contributed by atoms with van der Waals surface area (Å²) in [6.07, 6.45) is -0.125. The maximum Gasteiger partial charge on any atom is 0.407 e. The van der Waals surface area contributed by atoms with Gasteiger partial charge in [-0.1, -0.05) is 0 Å². The standard InChI is InChI=1S/C6H9NO2S/c1-3-5-4(2-10-3)7-6(8)9-5/h3-5H,2H2,1H3,(H,7,8)/t3-,4?,5?/m1/s1. The molecule has 0 aliphatic carbocycles. The second-order valence-corrected chi connectivity index (χ2v) is 4.07. The molecule has 2 saturated heterocycles. The predicted molar refractivity (Wildman–Crippen MR) is 39.1 cm³/mol. The molecule has 0 aromatic carbocycles. The number of thioether (sulfide) groups is 1. The lowest BCUT2D eigenvalue weighted by Gasteiger charge is -2.08. The van der Waals surface area contributed by atoms with Gasteiger partial charge in [0.2, 0.25) is 0 Å². The molecule has 2 aliphatic rings. The molecule has 2 unspecified atom stereocenters. The fraction of sp³-hybridized carbons (Fsp3) is 0.833. The van der Waals surface area contributed by atoms with E-state index in [0.29, 0.717) is 5.25 Å². The molecule has 56 valence electrons. The van der Waals surface area contributed by atoms with Gasteiger partial charge in [0.1, 0.15) is 6.10 Å². The van der Waals surface area contributed by atoms with Crippen LogP contribution in [0.2, 0.25) is 0 Å². The SMILES string of the molecule is C[C@H]1SCC2NC(=O)OC21. The molecule has 2 aliphatic heterocycles. The zero-order chi connectivity index (χ0) is 7.14. The third-order valence-corrected chi connectivity index (χ3v) is 3.29. The van der Waals surface area contributed by atoms with Crippen LogP contribution in [0.4, 0.5) is 4.79 Å². The number of carbonyl (C=O) groups is 1. The third-order valence-electron chi connectivity index (χ3n) is 1.94. The highest BCUT2D eigenvalue weighted by Crippen LogP contribution is 2.31. The summed E-state index contributed by atoms with van der Waals surface area (Å²) in [4.78, 5) is 10.7. The smallest absolute Gasteiger partial charge is 0.407 e. The molecule has 0 radical (unpaired) electrons. The normalized spacial score (nSPS) is 44.5. The van der Waals surface area contributed by atoms with Crippen molar-refractivity contribution in [3.8, 4) is 0 Å². The number of alkyl carbamates (subject to hydrolysis) is 1. The molecule has 2 fully saturated rings. The molecule has 0 aromatic heterocycles. The molecule has 0 spiro atoms. The van der Waals surface area contributed by atoms with Gasteiger partial charge in [0.25, 0.3) is 0 Å². The Morgan fingerprint density at radius 3 is 3.30 bits per heavy atom. The zero-order valence-electron chi connectivity index (χ0n) is 5.66. The monoisotopic (exact) mass is 159 g/mol. The Bertz CT molecular complexity index is 173. The Morgan fingerprint density at radius 1 is 1.80 bits per heavy atom. The molecule has 3 atom stereocenters. The lowest BCUT2D eigenvalue weighted by atomic mass is 10.1. The van der Waals surface area contributed by atoms with Gasteiger partial charge in [0.05, 0.1) is 6.04 Å². The minimum atomic E-state index is -0.248. The summed E-state index contributed by atoms with van der Waals surface area (Å²) in [5, 5.41) is 3.23. The van der Waals surface area contributed by atoms with Crippen LogP contribution in [0, 0.1) is 0 Å². The third kappa shape index (κ3) is 0.785. The van der Waals surface area contributed by atoms with E-state index in [-0.39, 0.29) is 18.2 Å². The number of ether oxygens (including phenoxy) is 1. The molecule has 0 bridgehead atoms. The first kappa shape index (κ1) is 6.34. The fourth-order valence-corrected chi connectivity index (χ4v) is 2.60. The highest BCUT2D eigenvalue weighted by Gasteiger charge is 2.42. The highest BCUT2D eigenvalue weighted by molar-refractivity contribution is 8.00. The number of amides is 1. The van der Waals surface area contributed by atoms with Crippen LogP contribution in [0.5, 0.6) is 0 Å². The first-order valence-electron chi connectivity index (χ1n) is 3.36. The lowest BCUT2D eigenvalue weighted by Crippen LogP contribution is -2.31. The van der Waals surface area contributed by atoms with Gasteiger partial charge in [-0.2, -0.15) is 11.8 Å². The number of hydrogen-bond donors (Lipinski definition) is 1. The maximum atomic E-state index is 10.7. The highest BCUT2D eigenvalue weighted by atomic mass is 32.2. The maximum absolute atomic E-state index is 10.7. The summed E-state index contributed by atoms with van der Waals surface area (Å²) in [5.74, 6) is 0.998. The largest absolute Gasteiger partial charge is 0.443 e. The zero-order valence-corrected chi connectivity index (χ0v) is 6.48. The molecule has 2 heterocycles. The first-order chi connectivity index (χ1) is 4.77. The van der Waals surface area contributed by atoms with Gasteiger partial charge < -0.3 is 10.1 Å². The molecule has 1 N–H and O–H groups in total. The average Bonchev–Trinajstić information content (AvgIpc) is 2.35. The van der Waals surface area contributed by atoms with Crippen LogP contribution in [0.15, 0.2) is 0 Å². The quantitative estimate of drug-likeness (QED) is 0.562. The number of fused-ring (bicyclic) bond motifs is 1. The number of nitrogens with one attached hydrogen (secondary N) is 1. The van der Waals surface area contributed by atoms with E-state index in [0.717, 1.165) is 5.75 Å². The summed E-state index contributed by atoms with van der Waals surface area (Å²) in [6, 6.07) is 0.271. The van der Waals surface area contributed by atoms with Gasteiger partial charge in [-0.15, -0.1) is 0 Å². The summed E-state index contributed by atoms with van der Waals surface area (Å²) in [6.45, 7) is 2.09. The topological polar surface area (TPSA) is 38.3 Å². The first-order valence-corrected chi connectivity index (χ1v) is 4.41. The fourth-order valence-electron chi connectivity index (χ4n) is 1.38. The number of hydrogen-bond acceptors (Lipinski definition) is 3. The number of rotatable bonds is 0. The molecular weight excluding hydrogens is 150 g/mol. The summed E-state index contributed by atoms with van der Waals surface area (Å²) >= 11 is 1.85. The van der Waals surface area contributed by atoms with Crippen molar-refractivity contribution < 1.29 is 9.53 Å². The van der Waals surface area contributed by atoms with Crippen LogP contribution in [-0.2, 0) is 4.74 Å². The molecule has 0 saturated carbocycles. The molecule has 4 heteroatoms. The molecular formula is C6H9NO2S. The van der Waals surface area contributed by atoms with E-state index in [1.165, 1.54) is 0 Å². The van der Waals surface area contributed by atoms with Crippen molar-refractivity contribution in [1.29, 1.82) is 0 Å². The van der Waals surface area contributed by atoms with Crippen molar-refractivity contribution in [2.24, 2.45) is 0 Å². The Kier molecular flexibility index (Phi) is 1.30. The molecule has 0 aromatic rings. The number of carbonyl (C=O) groups excluding carboxylic acids is 1. The summed E-state index contributed by atoms with van der Waals surface area (Å²) in [5.41, 5.74) is 0. The van der Waals surface area contributed by atoms with Crippen LogP contribution >= 0.6 is 11.8 Å². The van der Waals surface area contributed by atoms with E-state index in [2.05, 4.69) is 12.2 Å². The van der Waals surface area contributed by atoms with Crippen molar-refractivity contribution in [1.82, 2.24) is 5.32 Å². The van der Waals surface area contributed by atoms with Gasteiger partial charge in [0.15, 0.2) is 0 Å². The average molecular weight is 159 g/mol. The molecule has 1 amide bonds. The second kappa shape index (κ2) is 2.05. The van der Waals surface area contributed by atoms with E-state index in [1.807, 2.05) is 11.8 Å². The van der Waals surface area contributed by atoms with Crippen molar-refractivity contribution in [2.75, 3.05) is 5.75 Å². The second-order valence-electron chi connectivity index (χ2n) is 2.66. The Labute approximate surface area is 63.5 Å². The van der Waals surface area contributed by atoms with Gasteiger partial charge in [-0.05, 0) is 6.92 Å². The van der Waals surface area contributed by atoms with Gasteiger partial charge >= 0.3 is 6.09 Å². The van der Waals surface area contributed by atoms with Crippen LogP contribution in [0.25, 0.3) is 0 Å². The van der Waals surface area contributed by atoms with Crippen LogP contribution in [0.3, 0.4) is 0 Å². The van der Waals surface area contributed by atoms with Crippen LogP contribution in [0.1, 0.15) is 6.92 Å². The van der Waals surface area contributed by atoms with Crippen molar-refractivity contribution in [3.05, 3.63) is 0 Å². The summed E-state index contributed by atoms with van der Waals surface area (Å²) in [7, 11) is 0. The summed E-state index contributed by atoms with van der Waals surface area (Å²) < 4.78 is 5.03. The van der Waals surface area contributed by atoms with Crippen LogP contribution < -0.4 is 5.32 Å². The van der Waals surface area contributed by atoms with Crippen molar-refractivity contribution in [2.45, 2.75) is 24.3 Å². The van der Waals surface area contributed by atoms with E-state index in [4.69, 9.17) is 4.74 Å². The van der Waals surface area contributed by atoms with Gasteiger partial charge in [-0.3, -0.25) is 0 Å². The van der Waals surface area contributed by atoms with Gasteiger partial charge in [0, 0.05) is 11.0 Å². The minimum absolute atomic E-state index is 0.123. The van der Waals surface area contributed by atoms with E-state index in [9.17, 15) is 4.79 Å². The van der Waals surface area contributed by atoms with Gasteiger partial charge in [-0.25, -0.2) is 4.79 Å².